The number of aryl methyl sites for hydroxylation is 2. The fourth-order valence-electron chi connectivity index (χ4n) is 1.23. The highest BCUT2D eigenvalue weighted by atomic mass is 35.5. The van der Waals surface area contributed by atoms with Gasteiger partial charge in [-0.25, -0.2) is 0 Å². The molecule has 0 radical (unpaired) electrons. The number of halogens is 1. The molecule has 2 aromatic rings. The maximum absolute atomic E-state index is 5.53. The van der Waals surface area contributed by atoms with Gasteiger partial charge in [0.2, 0.25) is 0 Å². The van der Waals surface area contributed by atoms with Gasteiger partial charge in [0.05, 0.1) is 11.3 Å². The summed E-state index contributed by atoms with van der Waals surface area (Å²) in [6.45, 7) is 3.82. The predicted octanol–water partition coefficient (Wildman–Crippen LogP) is 2.40. The van der Waals surface area contributed by atoms with Gasteiger partial charge in [-0.15, -0.1) is 5.10 Å². The standard InChI is InChI=1S/C9H8ClN3O/c1-5-3-4-7(6(2)11-5)8-12-13-9(10)14-8/h3-4H,1-2H3. The van der Waals surface area contributed by atoms with Gasteiger partial charge in [-0.2, -0.15) is 0 Å². The topological polar surface area (TPSA) is 51.8 Å². The van der Waals surface area contributed by atoms with Gasteiger partial charge >= 0.3 is 5.35 Å². The fourth-order valence-corrected chi connectivity index (χ4v) is 1.34. The third-order valence-corrected chi connectivity index (χ3v) is 2.01. The first-order valence-corrected chi connectivity index (χ1v) is 4.48. The molecule has 2 rings (SSSR count). The van der Waals surface area contributed by atoms with E-state index < -0.39 is 0 Å². The highest BCUT2D eigenvalue weighted by Gasteiger charge is 2.10. The lowest BCUT2D eigenvalue weighted by Crippen LogP contribution is -1.90. The van der Waals surface area contributed by atoms with Gasteiger partial charge in [0.15, 0.2) is 0 Å². The van der Waals surface area contributed by atoms with Crippen LogP contribution < -0.4 is 0 Å². The van der Waals surface area contributed by atoms with E-state index in [0.29, 0.717) is 5.89 Å². The Morgan fingerprint density at radius 1 is 1.21 bits per heavy atom. The van der Waals surface area contributed by atoms with Gasteiger partial charge in [0.25, 0.3) is 5.89 Å². The van der Waals surface area contributed by atoms with E-state index in [-0.39, 0.29) is 5.35 Å². The van der Waals surface area contributed by atoms with Crippen molar-refractivity contribution in [1.29, 1.82) is 0 Å². The van der Waals surface area contributed by atoms with Crippen LogP contribution in [0, 0.1) is 13.8 Å². The Kier molecular flexibility index (Phi) is 2.21. The second-order valence-electron chi connectivity index (χ2n) is 2.95. The Morgan fingerprint density at radius 3 is 2.57 bits per heavy atom. The molecule has 0 amide bonds. The van der Waals surface area contributed by atoms with Crippen LogP contribution in [0.1, 0.15) is 11.4 Å². The first kappa shape index (κ1) is 9.15. The molecule has 0 unspecified atom stereocenters. The van der Waals surface area contributed by atoms with Crippen molar-refractivity contribution < 1.29 is 4.42 Å². The summed E-state index contributed by atoms with van der Waals surface area (Å²) in [7, 11) is 0. The van der Waals surface area contributed by atoms with Crippen LogP contribution in [0.2, 0.25) is 5.35 Å². The highest BCUT2D eigenvalue weighted by molar-refractivity contribution is 6.27. The summed E-state index contributed by atoms with van der Waals surface area (Å²) >= 11 is 5.53. The van der Waals surface area contributed by atoms with Gasteiger partial charge in [-0.1, -0.05) is 5.10 Å². The summed E-state index contributed by atoms with van der Waals surface area (Å²) in [6, 6.07) is 3.78. The molecule has 0 aliphatic heterocycles. The zero-order chi connectivity index (χ0) is 10.1. The van der Waals surface area contributed by atoms with Crippen LogP contribution in [-0.4, -0.2) is 15.2 Å². The van der Waals surface area contributed by atoms with E-state index >= 15 is 0 Å². The molecular weight excluding hydrogens is 202 g/mol. The minimum Gasteiger partial charge on any atom is -0.407 e. The first-order valence-electron chi connectivity index (χ1n) is 4.10. The lowest BCUT2D eigenvalue weighted by atomic mass is 10.2. The Labute approximate surface area is 85.9 Å². The van der Waals surface area contributed by atoms with Gasteiger partial charge in [-0.05, 0) is 37.6 Å². The lowest BCUT2D eigenvalue weighted by Gasteiger charge is -2.00. The molecular formula is C9H8ClN3O. The van der Waals surface area contributed by atoms with Crippen molar-refractivity contribution in [3.63, 3.8) is 0 Å². The molecule has 4 nitrogen and oxygen atoms in total. The zero-order valence-corrected chi connectivity index (χ0v) is 8.54. The van der Waals surface area contributed by atoms with Gasteiger partial charge < -0.3 is 4.42 Å². The largest absolute Gasteiger partial charge is 0.407 e. The van der Waals surface area contributed by atoms with E-state index in [2.05, 4.69) is 15.2 Å². The van der Waals surface area contributed by atoms with Gasteiger partial charge in [-0.3, -0.25) is 4.98 Å². The first-order chi connectivity index (χ1) is 6.66. The van der Waals surface area contributed by atoms with Crippen molar-refractivity contribution >= 4 is 11.6 Å². The molecule has 14 heavy (non-hydrogen) atoms. The summed E-state index contributed by atoms with van der Waals surface area (Å²) in [4.78, 5) is 4.29. The molecule has 0 fully saturated rings. The van der Waals surface area contributed by atoms with Crippen LogP contribution in [0.15, 0.2) is 16.5 Å². The lowest BCUT2D eigenvalue weighted by molar-refractivity contribution is 0.570. The summed E-state index contributed by atoms with van der Waals surface area (Å²) in [5.41, 5.74) is 2.62. The summed E-state index contributed by atoms with van der Waals surface area (Å²) < 4.78 is 5.09. The van der Waals surface area contributed by atoms with E-state index in [9.17, 15) is 0 Å². The van der Waals surface area contributed by atoms with Gasteiger partial charge in [0.1, 0.15) is 0 Å². The van der Waals surface area contributed by atoms with Crippen molar-refractivity contribution in [2.75, 3.05) is 0 Å². The zero-order valence-electron chi connectivity index (χ0n) is 7.78. The van der Waals surface area contributed by atoms with Crippen LogP contribution in [0.3, 0.4) is 0 Å². The minimum absolute atomic E-state index is 0.0416. The van der Waals surface area contributed by atoms with Crippen molar-refractivity contribution in [2.45, 2.75) is 13.8 Å². The predicted molar refractivity (Wildman–Crippen MR) is 52.0 cm³/mol. The second kappa shape index (κ2) is 3.38. The van der Waals surface area contributed by atoms with E-state index in [4.69, 9.17) is 16.0 Å². The molecule has 0 aliphatic carbocycles. The fraction of sp³-hybridized carbons (Fsp3) is 0.222. The molecule has 2 aromatic heterocycles. The number of nitrogens with zero attached hydrogens (tertiary/aromatic N) is 3. The number of pyridine rings is 1. The van der Waals surface area contributed by atoms with E-state index in [0.717, 1.165) is 17.0 Å². The smallest absolute Gasteiger partial charge is 0.313 e. The molecule has 0 bridgehead atoms. The monoisotopic (exact) mass is 209 g/mol. The van der Waals surface area contributed by atoms with Crippen molar-refractivity contribution in [3.8, 4) is 11.5 Å². The third kappa shape index (κ3) is 1.61. The van der Waals surface area contributed by atoms with Crippen LogP contribution in [-0.2, 0) is 0 Å². The average Bonchev–Trinajstić information content (AvgIpc) is 2.51. The van der Waals surface area contributed by atoms with Gasteiger partial charge in [0, 0.05) is 5.69 Å². The molecule has 2 heterocycles. The number of hydrogen-bond donors (Lipinski definition) is 0. The Balaban J connectivity index is 2.52. The van der Waals surface area contributed by atoms with Crippen LogP contribution in [0.4, 0.5) is 0 Å². The molecule has 0 aromatic carbocycles. The molecule has 0 spiro atoms. The van der Waals surface area contributed by atoms with Crippen LogP contribution >= 0.6 is 11.6 Å². The third-order valence-electron chi connectivity index (χ3n) is 1.86. The Bertz CT molecular complexity index is 467. The highest BCUT2D eigenvalue weighted by Crippen LogP contribution is 2.22. The van der Waals surface area contributed by atoms with E-state index in [1.54, 1.807) is 0 Å². The number of rotatable bonds is 1. The summed E-state index contributed by atoms with van der Waals surface area (Å²) in [6.07, 6.45) is 0. The van der Waals surface area contributed by atoms with Crippen molar-refractivity contribution in [3.05, 3.63) is 28.9 Å². The van der Waals surface area contributed by atoms with E-state index in [1.165, 1.54) is 0 Å². The normalized spacial score (nSPS) is 10.5. The molecule has 0 saturated heterocycles. The molecule has 72 valence electrons. The minimum atomic E-state index is 0.0416. The number of aromatic nitrogens is 3. The molecule has 0 atom stereocenters. The quantitative estimate of drug-likeness (QED) is 0.724. The van der Waals surface area contributed by atoms with Crippen molar-refractivity contribution in [2.24, 2.45) is 0 Å². The summed E-state index contributed by atoms with van der Waals surface area (Å²) in [5, 5.41) is 7.41. The Morgan fingerprint density at radius 2 is 2.00 bits per heavy atom. The SMILES string of the molecule is Cc1ccc(-c2nnc(Cl)o2)c(C)n1. The molecule has 0 saturated carbocycles. The number of hydrogen-bond acceptors (Lipinski definition) is 4. The second-order valence-corrected chi connectivity index (χ2v) is 3.27. The molecule has 0 aliphatic rings. The molecule has 0 N–H and O–H groups in total. The Hall–Kier alpha value is -1.42. The maximum atomic E-state index is 5.53. The van der Waals surface area contributed by atoms with Crippen molar-refractivity contribution in [1.82, 2.24) is 15.2 Å². The maximum Gasteiger partial charge on any atom is 0.313 e. The van der Waals surface area contributed by atoms with Crippen LogP contribution in [0.5, 0.6) is 0 Å². The van der Waals surface area contributed by atoms with Crippen LogP contribution in [0.25, 0.3) is 11.5 Å². The summed E-state index contributed by atoms with van der Waals surface area (Å²) in [5.74, 6) is 0.403. The van der Waals surface area contributed by atoms with E-state index in [1.807, 2.05) is 26.0 Å². The average molecular weight is 210 g/mol. The molecule has 5 heteroatoms.